The third-order valence-electron chi connectivity index (χ3n) is 1.91. The Hall–Kier alpha value is 3.19. The van der Waals surface area contributed by atoms with Crippen LogP contribution in [-0.4, -0.2) is 28.2 Å². The molecule has 0 aliphatic heterocycles. The van der Waals surface area contributed by atoms with Crippen LogP contribution in [0.5, 0.6) is 0 Å². The molecule has 12 heteroatoms. The smallest absolute Gasteiger partial charge is 0.150 e. The molecule has 0 aromatic rings. The molecular weight excluding hydrogens is 480 g/mol. The minimum absolute atomic E-state index is 0.329. The van der Waals surface area contributed by atoms with Crippen LogP contribution in [-0.2, 0) is 0 Å². The van der Waals surface area contributed by atoms with Crippen LogP contribution in [0.3, 0.4) is 0 Å². The molecule has 0 fully saturated rings. The predicted octanol–water partition coefficient (Wildman–Crippen LogP) is 6.86. The Balaban J connectivity index is 0. The van der Waals surface area contributed by atoms with E-state index in [1.807, 2.05) is 20.0 Å². The number of halogens is 8. The molecule has 0 aromatic heterocycles. The zero-order valence-corrected chi connectivity index (χ0v) is 21.2. The van der Waals surface area contributed by atoms with Crippen LogP contribution in [0.2, 0.25) is 36.8 Å². The Morgan fingerprint density at radius 1 is 0.895 bits per heavy atom. The van der Waals surface area contributed by atoms with Crippen LogP contribution in [0.15, 0.2) is 0 Å². The van der Waals surface area contributed by atoms with Crippen LogP contribution in [0.1, 0.15) is 6.92 Å². The predicted molar refractivity (Wildman–Crippen MR) is 108 cm³/mol. The third kappa shape index (κ3) is 23.6. The van der Waals surface area contributed by atoms with Crippen molar-refractivity contribution in [1.82, 2.24) is 0 Å². The van der Waals surface area contributed by atoms with Gasteiger partial charge >= 0.3 is 0 Å². The van der Waals surface area contributed by atoms with E-state index in [9.17, 15) is 0 Å². The molecule has 0 heterocycles. The molecular formula is C7H18Cl8Si4. The molecule has 0 rings (SSSR count). The molecule has 19 heavy (non-hydrogen) atoms. The highest BCUT2D eigenvalue weighted by molar-refractivity contribution is 7.46. The van der Waals surface area contributed by atoms with Crippen molar-refractivity contribution in [2.75, 3.05) is 0 Å². The van der Waals surface area contributed by atoms with Crippen molar-refractivity contribution in [2.45, 2.75) is 43.7 Å². The molecule has 0 nitrogen and oxygen atoms in total. The minimum Gasteiger partial charge on any atom is -0.150 e. The van der Waals surface area contributed by atoms with Crippen molar-refractivity contribution < 1.29 is 0 Å². The van der Waals surface area contributed by atoms with Crippen LogP contribution in [0.25, 0.3) is 0 Å². The lowest BCUT2D eigenvalue weighted by Crippen LogP contribution is -2.18. The van der Waals surface area contributed by atoms with Crippen molar-refractivity contribution in [3.05, 3.63) is 0 Å². The van der Waals surface area contributed by atoms with E-state index in [0.29, 0.717) is 5.54 Å². The summed E-state index contributed by atoms with van der Waals surface area (Å²) in [7, 11) is -3.01. The summed E-state index contributed by atoms with van der Waals surface area (Å²) in [5, 5.41) is 0. The van der Waals surface area contributed by atoms with Crippen molar-refractivity contribution in [3.8, 4) is 0 Å². The fourth-order valence-electron chi connectivity index (χ4n) is 1.02. The summed E-state index contributed by atoms with van der Waals surface area (Å²) in [6, 6.07) is 2.46. The highest BCUT2D eigenvalue weighted by Crippen LogP contribution is 2.31. The second kappa shape index (κ2) is 11.7. The lowest BCUT2D eigenvalue weighted by Gasteiger charge is -2.16. The Bertz CT molecular complexity index is 226. The maximum Gasteiger partial charge on any atom is 0.248 e. The maximum absolute atomic E-state index is 5.88. The molecule has 0 amide bonds. The van der Waals surface area contributed by atoms with Crippen LogP contribution >= 0.6 is 88.6 Å². The average Bonchev–Trinajstić information content (AvgIpc) is 2.11. The van der Waals surface area contributed by atoms with Crippen molar-refractivity contribution in [3.63, 3.8) is 0 Å². The lowest BCUT2D eigenvalue weighted by molar-refractivity contribution is 1.05. The molecule has 0 saturated heterocycles. The van der Waals surface area contributed by atoms with Gasteiger partial charge in [-0.25, -0.2) is 0 Å². The summed E-state index contributed by atoms with van der Waals surface area (Å²) in [6.45, 7) is 1.89. The molecule has 0 aliphatic rings. The van der Waals surface area contributed by atoms with Gasteiger partial charge in [-0.1, -0.05) is 6.92 Å². The molecule has 1 atom stereocenters. The van der Waals surface area contributed by atoms with Gasteiger partial charge < -0.3 is 0 Å². The van der Waals surface area contributed by atoms with Gasteiger partial charge in [0.1, 0.15) is 0 Å². The molecule has 118 valence electrons. The molecule has 0 spiro atoms. The Kier molecular flexibility index (Phi) is 15.0. The number of hydrogen-bond acceptors (Lipinski definition) is 0. The van der Waals surface area contributed by atoms with Crippen molar-refractivity contribution >= 4 is 117 Å². The topological polar surface area (TPSA) is 0 Å². The van der Waals surface area contributed by atoms with Gasteiger partial charge in [-0.05, 0) is 36.8 Å². The quantitative estimate of drug-likeness (QED) is 0.278. The maximum atomic E-state index is 5.88. The molecule has 1 unspecified atom stereocenters. The average molecular weight is 498 g/mol. The zero-order chi connectivity index (χ0) is 15.9. The fourth-order valence-corrected chi connectivity index (χ4v) is 15.1. The number of rotatable bonds is 6. The van der Waals surface area contributed by atoms with Gasteiger partial charge in [0.2, 0.25) is 28.2 Å². The van der Waals surface area contributed by atoms with E-state index >= 15 is 0 Å². The van der Waals surface area contributed by atoms with Crippen LogP contribution in [0.4, 0.5) is 0 Å². The normalized spacial score (nSPS) is 14.4. The van der Waals surface area contributed by atoms with Gasteiger partial charge in [0.15, 0.2) is 0 Å². The Morgan fingerprint density at radius 2 is 1.32 bits per heavy atom. The van der Waals surface area contributed by atoms with E-state index in [4.69, 9.17) is 88.6 Å². The van der Waals surface area contributed by atoms with Gasteiger partial charge in [-0.15, -0.1) is 44.3 Å². The largest absolute Gasteiger partial charge is 0.248 e. The summed E-state index contributed by atoms with van der Waals surface area (Å²) in [4.78, 5) is 0. The first kappa shape index (κ1) is 24.4. The lowest BCUT2D eigenvalue weighted by atomic mass is 10.6. The van der Waals surface area contributed by atoms with Gasteiger partial charge in [0, 0.05) is 0 Å². The van der Waals surface area contributed by atoms with E-state index in [-0.39, 0.29) is 0 Å². The summed E-state index contributed by atoms with van der Waals surface area (Å²) in [5.41, 5.74) is 0.329. The summed E-state index contributed by atoms with van der Waals surface area (Å²) in [6.07, 6.45) is 0. The molecule has 0 radical (unpaired) electrons. The Morgan fingerprint density at radius 3 is 1.42 bits per heavy atom. The first-order valence-electron chi connectivity index (χ1n) is 5.56. The van der Waals surface area contributed by atoms with Gasteiger partial charge in [0.05, 0.1) is 0 Å². The standard InChI is InChI=1S/C4H10Cl4Si2.C3H8Cl4Si2/c1-4(9(5)6)3-10(2,7)8;1-9(6,7)3-2-8(4)5/h4,9H,3H2,1-2H3;8H,2-3H2,1H3. The molecule has 0 aromatic carbocycles. The van der Waals surface area contributed by atoms with E-state index in [2.05, 4.69) is 0 Å². The van der Waals surface area contributed by atoms with Gasteiger partial charge in [0.25, 0.3) is 0 Å². The van der Waals surface area contributed by atoms with E-state index in [1.165, 1.54) is 0 Å². The SMILES string of the molecule is CC(C[Si](C)(Cl)Cl)[SiH](Cl)Cl.C[Si](Cl)(Cl)CC[SiH](Cl)Cl. The summed E-state index contributed by atoms with van der Waals surface area (Å²) in [5.74, 6) is 0. The second-order valence-corrected chi connectivity index (χ2v) is 31.4. The second-order valence-electron chi connectivity index (χ2n) is 4.59. The van der Waals surface area contributed by atoms with Crippen molar-refractivity contribution in [1.29, 1.82) is 0 Å². The highest BCUT2D eigenvalue weighted by Gasteiger charge is 2.27. The van der Waals surface area contributed by atoms with Gasteiger partial charge in [-0.3, -0.25) is 0 Å². The fraction of sp³-hybridized carbons (Fsp3) is 1.00. The first-order chi connectivity index (χ1) is 8.24. The molecule has 0 aliphatic carbocycles. The van der Waals surface area contributed by atoms with Crippen LogP contribution in [0, 0.1) is 0 Å². The molecule has 0 N–H and O–H groups in total. The Labute approximate surface area is 159 Å². The van der Waals surface area contributed by atoms with E-state index in [1.54, 1.807) is 0 Å². The molecule has 0 bridgehead atoms. The molecule has 0 saturated carbocycles. The first-order valence-corrected chi connectivity index (χ1v) is 23.5. The summed E-state index contributed by atoms with van der Waals surface area (Å²) >= 11 is 46.0. The number of hydrogen-bond donors (Lipinski definition) is 0. The zero-order valence-electron chi connectivity index (χ0n) is 10.9. The minimum atomic E-state index is -1.97. The van der Waals surface area contributed by atoms with E-state index < -0.39 is 28.2 Å². The van der Waals surface area contributed by atoms with Gasteiger partial charge in [-0.2, -0.15) is 44.3 Å². The van der Waals surface area contributed by atoms with E-state index in [0.717, 1.165) is 18.1 Å². The highest BCUT2D eigenvalue weighted by atomic mass is 35.7. The monoisotopic (exact) mass is 494 g/mol. The van der Waals surface area contributed by atoms with Crippen molar-refractivity contribution in [2.24, 2.45) is 0 Å². The van der Waals surface area contributed by atoms with Crippen LogP contribution < -0.4 is 0 Å². The summed E-state index contributed by atoms with van der Waals surface area (Å²) < 4.78 is 0. The third-order valence-corrected chi connectivity index (χ3v) is 13.3.